The van der Waals surface area contributed by atoms with Crippen molar-refractivity contribution in [1.29, 1.82) is 0 Å². The van der Waals surface area contributed by atoms with Gasteiger partial charge in [-0.3, -0.25) is 0 Å². The molecule has 0 aliphatic rings. The summed E-state index contributed by atoms with van der Waals surface area (Å²) in [5, 5.41) is 0. The van der Waals surface area contributed by atoms with Crippen LogP contribution in [0.3, 0.4) is 0 Å². The smallest absolute Gasteiger partial charge is 0 e. The van der Waals surface area contributed by atoms with Crippen LogP contribution in [-0.4, -0.2) is 0 Å². The second-order valence-electron chi connectivity index (χ2n) is 0. The van der Waals surface area contributed by atoms with E-state index in [2.05, 4.69) is 0 Å². The molecule has 0 spiro atoms. The van der Waals surface area contributed by atoms with Gasteiger partial charge in [-0.15, -0.1) is 0 Å². The van der Waals surface area contributed by atoms with E-state index in [4.69, 9.17) is 0 Å². The molecule has 0 bridgehead atoms. The molecule has 0 saturated carbocycles. The molecule has 5 heteroatoms. The summed E-state index contributed by atoms with van der Waals surface area (Å²) in [4.78, 5) is 0. The number of rotatable bonds is 0. The van der Waals surface area contributed by atoms with Crippen LogP contribution < -0.4 is 0 Å². The summed E-state index contributed by atoms with van der Waals surface area (Å²) >= 11 is 0. The molecule has 0 heterocycles. The van der Waals surface area contributed by atoms with E-state index in [0.717, 1.165) is 0 Å². The van der Waals surface area contributed by atoms with Crippen LogP contribution in [0, 0.1) is 0 Å². The Bertz CT molecular complexity index is 11.6. The van der Waals surface area contributed by atoms with Gasteiger partial charge in [0.05, 0.1) is 0 Å². The first-order valence-corrected chi connectivity index (χ1v) is 0. The number of hydrogen-bond acceptors (Lipinski definition) is 0. The fourth-order valence-corrected chi connectivity index (χ4v) is 0. The minimum atomic E-state index is 0. The third-order valence-corrected chi connectivity index (χ3v) is 0. The van der Waals surface area contributed by atoms with Crippen LogP contribution in [0.1, 0.15) is 0 Å². The van der Waals surface area contributed by atoms with Crippen LogP contribution in [0.4, 0.5) is 0 Å². The van der Waals surface area contributed by atoms with E-state index in [1.165, 1.54) is 0 Å². The van der Waals surface area contributed by atoms with Crippen LogP contribution >= 0.6 is 0 Å². The summed E-state index contributed by atoms with van der Waals surface area (Å²) in [7, 11) is 0. The second kappa shape index (κ2) is 28.4. The van der Waals surface area contributed by atoms with E-state index in [-0.39, 0.29) is 93.4 Å². The van der Waals surface area contributed by atoms with Gasteiger partial charge in [0.1, 0.15) is 0 Å². The molecular formula is AuCuMnNiPd. The molecule has 5 heavy (non-hydrogen) atoms. The first-order valence-electron chi connectivity index (χ1n) is 0. The number of hydrogen-bond donors (Lipinski definition) is 0. The molecule has 0 aliphatic heterocycles. The molecule has 0 aromatic heterocycles. The summed E-state index contributed by atoms with van der Waals surface area (Å²) in [6, 6.07) is 0. The van der Waals surface area contributed by atoms with Gasteiger partial charge < -0.3 is 0 Å². The Balaban J connectivity index is 0. The van der Waals surface area contributed by atoms with Crippen LogP contribution in [0.2, 0.25) is 0 Å². The van der Waals surface area contributed by atoms with Gasteiger partial charge in [0.15, 0.2) is 0 Å². The average molecular weight is 481 g/mol. The normalized spacial score (nSPS) is 0. The van der Waals surface area contributed by atoms with Crippen molar-refractivity contribution in [2.45, 2.75) is 0 Å². The van der Waals surface area contributed by atoms with Crippen molar-refractivity contribution in [3.05, 3.63) is 0 Å². The van der Waals surface area contributed by atoms with Crippen LogP contribution in [-0.2, 0) is 93.4 Å². The molecule has 0 aromatic rings. The van der Waals surface area contributed by atoms with Gasteiger partial charge in [-0.2, -0.15) is 0 Å². The summed E-state index contributed by atoms with van der Waals surface area (Å²) in [5.74, 6) is 0. The van der Waals surface area contributed by atoms with Crippen molar-refractivity contribution in [2.75, 3.05) is 0 Å². The van der Waals surface area contributed by atoms with E-state index in [0.29, 0.717) is 0 Å². The fraction of sp³-hybridized carbons (Fsp3) is 0. The monoisotopic (exact) mass is 479 g/mol. The average Bonchev–Trinajstić information content (AvgIpc) is 0. The van der Waals surface area contributed by atoms with Crippen molar-refractivity contribution in [1.82, 2.24) is 0 Å². The quantitative estimate of drug-likeness (QED) is 0.428. The molecule has 3 radical (unpaired) electrons. The zero-order chi connectivity index (χ0) is 0. The van der Waals surface area contributed by atoms with Crippen molar-refractivity contribution < 1.29 is 93.4 Å². The standard InChI is InChI=1S/Au.Cu.Mn.Ni.Pd. The molecule has 0 nitrogen and oxygen atoms in total. The van der Waals surface area contributed by atoms with Crippen molar-refractivity contribution in [3.63, 3.8) is 0 Å². The molecule has 0 fully saturated rings. The van der Waals surface area contributed by atoms with Crippen LogP contribution in [0.15, 0.2) is 0 Å². The largest absolute Gasteiger partial charge is 0 e. The maximum absolute atomic E-state index is 0. The summed E-state index contributed by atoms with van der Waals surface area (Å²) < 4.78 is 0. The third kappa shape index (κ3) is 19.6. The zero-order valence-corrected chi connectivity index (χ0v) is 8.44. The summed E-state index contributed by atoms with van der Waals surface area (Å²) in [5.41, 5.74) is 0. The van der Waals surface area contributed by atoms with Gasteiger partial charge in [0.2, 0.25) is 0 Å². The van der Waals surface area contributed by atoms with E-state index in [1.54, 1.807) is 0 Å². The second-order valence-corrected chi connectivity index (χ2v) is 0. The molecular weight excluding hydrogens is 481 g/mol. The Morgan fingerprint density at radius 3 is 1.00 bits per heavy atom. The molecule has 0 aliphatic carbocycles. The Morgan fingerprint density at radius 2 is 1.00 bits per heavy atom. The molecule has 0 saturated heterocycles. The Morgan fingerprint density at radius 1 is 1.00 bits per heavy atom. The minimum absolute atomic E-state index is 0. The van der Waals surface area contributed by atoms with Crippen LogP contribution in [0.5, 0.6) is 0 Å². The fourth-order valence-electron chi connectivity index (χ4n) is 0. The van der Waals surface area contributed by atoms with E-state index in [9.17, 15) is 0 Å². The van der Waals surface area contributed by atoms with E-state index >= 15 is 0 Å². The van der Waals surface area contributed by atoms with Crippen LogP contribution in [0.25, 0.3) is 0 Å². The molecule has 49 valence electrons. The Kier molecular flexibility index (Phi) is 251. The van der Waals surface area contributed by atoms with E-state index < -0.39 is 0 Å². The molecule has 0 unspecified atom stereocenters. The topological polar surface area (TPSA) is 0 Å². The van der Waals surface area contributed by atoms with E-state index in [1.807, 2.05) is 0 Å². The molecule has 0 aromatic carbocycles. The molecule has 0 amide bonds. The van der Waals surface area contributed by atoms with Gasteiger partial charge in [-0.05, 0) is 0 Å². The van der Waals surface area contributed by atoms with Gasteiger partial charge >= 0.3 is 0 Å². The predicted molar refractivity (Wildman–Crippen MR) is 0 cm³/mol. The Hall–Kier alpha value is 2.94. The molecule has 0 atom stereocenters. The Labute approximate surface area is 92.0 Å². The van der Waals surface area contributed by atoms with Crippen molar-refractivity contribution in [2.24, 2.45) is 0 Å². The zero-order valence-electron chi connectivity index (χ0n) is 1.61. The summed E-state index contributed by atoms with van der Waals surface area (Å²) in [6.45, 7) is 0. The first kappa shape index (κ1) is 44.3. The van der Waals surface area contributed by atoms with Crippen molar-refractivity contribution >= 4 is 0 Å². The maximum atomic E-state index is 0. The van der Waals surface area contributed by atoms with Gasteiger partial charge in [-0.1, -0.05) is 0 Å². The molecule has 0 N–H and O–H groups in total. The maximum Gasteiger partial charge on any atom is 0 e. The van der Waals surface area contributed by atoms with Gasteiger partial charge in [0.25, 0.3) is 0 Å². The summed E-state index contributed by atoms with van der Waals surface area (Å²) in [6.07, 6.45) is 0. The van der Waals surface area contributed by atoms with Gasteiger partial charge in [-0.25, -0.2) is 0 Å². The predicted octanol–water partition coefficient (Wildman–Crippen LogP) is -0.0125. The van der Waals surface area contributed by atoms with Gasteiger partial charge in [0, 0.05) is 93.4 Å². The van der Waals surface area contributed by atoms with Crippen molar-refractivity contribution in [3.8, 4) is 0 Å². The minimum Gasteiger partial charge on any atom is 0 e. The SMILES string of the molecule is [Au].[Cu].[Mn].[Ni].[Pd]. The first-order chi connectivity index (χ1) is 0. The molecule has 0 rings (SSSR count). The third-order valence-electron chi connectivity index (χ3n) is 0.